The fourth-order valence-corrected chi connectivity index (χ4v) is 4.28. The molecule has 2 heterocycles. The first-order valence-electron chi connectivity index (χ1n) is 7.88. The van der Waals surface area contributed by atoms with Gasteiger partial charge in [-0.05, 0) is 56.6 Å². The van der Waals surface area contributed by atoms with Crippen LogP contribution in [-0.2, 0) is 4.79 Å². The summed E-state index contributed by atoms with van der Waals surface area (Å²) in [6, 6.07) is 0.527. The van der Waals surface area contributed by atoms with Gasteiger partial charge < -0.3 is 10.2 Å². The van der Waals surface area contributed by atoms with Gasteiger partial charge in [0.1, 0.15) is 0 Å². The summed E-state index contributed by atoms with van der Waals surface area (Å²) in [6.45, 7) is 5.00. The molecule has 0 aromatic carbocycles. The van der Waals surface area contributed by atoms with Crippen LogP contribution in [0.5, 0.6) is 0 Å². The van der Waals surface area contributed by atoms with Gasteiger partial charge in [0.25, 0.3) is 0 Å². The van der Waals surface area contributed by atoms with Crippen LogP contribution in [0, 0.1) is 5.92 Å². The zero-order valence-electron chi connectivity index (χ0n) is 12.2. The van der Waals surface area contributed by atoms with Gasteiger partial charge in [0.2, 0.25) is 5.91 Å². The summed E-state index contributed by atoms with van der Waals surface area (Å²) in [5.41, 5.74) is 0. The average Bonchev–Trinajstić information content (AvgIpc) is 2.47. The van der Waals surface area contributed by atoms with E-state index in [0.717, 1.165) is 26.1 Å². The molecule has 0 radical (unpaired) electrons. The van der Waals surface area contributed by atoms with Crippen molar-refractivity contribution >= 4 is 17.7 Å². The predicted molar refractivity (Wildman–Crippen MR) is 82.6 cm³/mol. The van der Waals surface area contributed by atoms with Gasteiger partial charge in [-0.15, -0.1) is 0 Å². The van der Waals surface area contributed by atoms with Gasteiger partial charge in [-0.25, -0.2) is 0 Å². The number of piperidine rings is 1. The number of thioether (sulfide) groups is 1. The molecule has 2 aliphatic heterocycles. The van der Waals surface area contributed by atoms with Gasteiger partial charge in [-0.2, -0.15) is 11.8 Å². The molecule has 4 heteroatoms. The van der Waals surface area contributed by atoms with Crippen molar-refractivity contribution in [3.05, 3.63) is 0 Å². The molecule has 0 aromatic rings. The quantitative estimate of drug-likeness (QED) is 0.842. The lowest BCUT2D eigenvalue weighted by molar-refractivity contribution is -0.132. The van der Waals surface area contributed by atoms with E-state index >= 15 is 0 Å². The molecule has 2 saturated heterocycles. The van der Waals surface area contributed by atoms with Gasteiger partial charge in [-0.3, -0.25) is 4.79 Å². The highest BCUT2D eigenvalue weighted by Crippen LogP contribution is 2.26. The standard InChI is InChI=1S/C15H28N2OS/c1-2-17(12-14-5-3-4-8-16-14)15(18)11-13-6-9-19-10-7-13/h13-14,16H,2-12H2,1H3. The molecule has 0 bridgehead atoms. The van der Waals surface area contributed by atoms with Crippen molar-refractivity contribution in [1.29, 1.82) is 0 Å². The van der Waals surface area contributed by atoms with Crippen molar-refractivity contribution in [2.24, 2.45) is 5.92 Å². The Morgan fingerprint density at radius 3 is 2.68 bits per heavy atom. The number of rotatable bonds is 5. The second-order valence-electron chi connectivity index (χ2n) is 5.84. The molecule has 0 spiro atoms. The minimum Gasteiger partial charge on any atom is -0.341 e. The third kappa shape index (κ3) is 4.99. The molecule has 1 atom stereocenters. The van der Waals surface area contributed by atoms with E-state index in [0.29, 0.717) is 17.9 Å². The van der Waals surface area contributed by atoms with Gasteiger partial charge in [0.05, 0.1) is 0 Å². The van der Waals surface area contributed by atoms with Gasteiger partial charge in [0, 0.05) is 25.6 Å². The van der Waals surface area contributed by atoms with Gasteiger partial charge >= 0.3 is 0 Å². The summed E-state index contributed by atoms with van der Waals surface area (Å²) in [5, 5.41) is 3.55. The second kappa shape index (κ2) is 8.15. The number of carbonyl (C=O) groups is 1. The van der Waals surface area contributed by atoms with E-state index in [4.69, 9.17) is 0 Å². The first-order chi connectivity index (χ1) is 9.29. The smallest absolute Gasteiger partial charge is 0.222 e. The summed E-state index contributed by atoms with van der Waals surface area (Å²) >= 11 is 2.03. The zero-order chi connectivity index (χ0) is 13.5. The van der Waals surface area contributed by atoms with Crippen LogP contribution in [0.15, 0.2) is 0 Å². The van der Waals surface area contributed by atoms with Crippen LogP contribution in [0.25, 0.3) is 0 Å². The fourth-order valence-electron chi connectivity index (χ4n) is 3.08. The van der Waals surface area contributed by atoms with Crippen LogP contribution in [0.1, 0.15) is 45.4 Å². The first kappa shape index (κ1) is 15.2. The molecule has 110 valence electrons. The summed E-state index contributed by atoms with van der Waals surface area (Å²) in [7, 11) is 0. The number of nitrogens with one attached hydrogen (secondary N) is 1. The van der Waals surface area contributed by atoms with Crippen LogP contribution in [0.3, 0.4) is 0 Å². The van der Waals surface area contributed by atoms with Crippen LogP contribution in [0.4, 0.5) is 0 Å². The molecular formula is C15H28N2OS. The third-order valence-electron chi connectivity index (χ3n) is 4.39. The molecule has 1 amide bonds. The molecule has 0 saturated carbocycles. The Labute approximate surface area is 121 Å². The van der Waals surface area contributed by atoms with Crippen molar-refractivity contribution < 1.29 is 4.79 Å². The third-order valence-corrected chi connectivity index (χ3v) is 5.44. The minimum absolute atomic E-state index is 0.381. The van der Waals surface area contributed by atoms with Crippen LogP contribution in [-0.4, -0.2) is 48.0 Å². The maximum atomic E-state index is 12.4. The number of amides is 1. The van der Waals surface area contributed by atoms with Crippen molar-refractivity contribution in [1.82, 2.24) is 10.2 Å². The highest BCUT2D eigenvalue weighted by Gasteiger charge is 2.23. The molecule has 0 aromatic heterocycles. The van der Waals surface area contributed by atoms with Crippen molar-refractivity contribution in [3.8, 4) is 0 Å². The number of carbonyl (C=O) groups excluding carboxylic acids is 1. The predicted octanol–water partition coefficient (Wildman–Crippen LogP) is 2.51. The van der Waals surface area contributed by atoms with E-state index in [9.17, 15) is 4.79 Å². The highest BCUT2D eigenvalue weighted by atomic mass is 32.2. The van der Waals surface area contributed by atoms with Crippen molar-refractivity contribution in [3.63, 3.8) is 0 Å². The van der Waals surface area contributed by atoms with Gasteiger partial charge in [0.15, 0.2) is 0 Å². The number of hydrogen-bond donors (Lipinski definition) is 1. The summed E-state index contributed by atoms with van der Waals surface area (Å²) < 4.78 is 0. The average molecular weight is 284 g/mol. The summed E-state index contributed by atoms with van der Waals surface area (Å²) in [5.74, 6) is 3.51. The monoisotopic (exact) mass is 284 g/mol. The van der Waals surface area contributed by atoms with Crippen LogP contribution >= 0.6 is 11.8 Å². The van der Waals surface area contributed by atoms with E-state index in [1.54, 1.807) is 0 Å². The minimum atomic E-state index is 0.381. The van der Waals surface area contributed by atoms with Crippen LogP contribution < -0.4 is 5.32 Å². The van der Waals surface area contributed by atoms with E-state index < -0.39 is 0 Å². The largest absolute Gasteiger partial charge is 0.341 e. The Kier molecular flexibility index (Phi) is 6.51. The maximum absolute atomic E-state index is 12.4. The maximum Gasteiger partial charge on any atom is 0.222 e. The van der Waals surface area contributed by atoms with E-state index in [-0.39, 0.29) is 0 Å². The molecule has 1 unspecified atom stereocenters. The fraction of sp³-hybridized carbons (Fsp3) is 0.933. The summed E-state index contributed by atoms with van der Waals surface area (Å²) in [6.07, 6.45) is 7.07. The van der Waals surface area contributed by atoms with E-state index in [1.165, 1.54) is 43.6 Å². The van der Waals surface area contributed by atoms with E-state index in [2.05, 4.69) is 17.1 Å². The molecule has 0 aliphatic carbocycles. The van der Waals surface area contributed by atoms with E-state index in [1.807, 2.05) is 11.8 Å². The normalized spacial score (nSPS) is 25.2. The number of hydrogen-bond acceptors (Lipinski definition) is 3. The second-order valence-corrected chi connectivity index (χ2v) is 7.06. The first-order valence-corrected chi connectivity index (χ1v) is 9.04. The van der Waals surface area contributed by atoms with Crippen molar-refractivity contribution in [2.75, 3.05) is 31.1 Å². The molecule has 2 aliphatic rings. The highest BCUT2D eigenvalue weighted by molar-refractivity contribution is 7.99. The number of likely N-dealkylation sites (N-methyl/N-ethyl adjacent to an activating group) is 1. The number of nitrogens with zero attached hydrogens (tertiary/aromatic N) is 1. The summed E-state index contributed by atoms with van der Waals surface area (Å²) in [4.78, 5) is 14.5. The lowest BCUT2D eigenvalue weighted by Gasteiger charge is -2.31. The topological polar surface area (TPSA) is 32.3 Å². The van der Waals surface area contributed by atoms with Crippen LogP contribution in [0.2, 0.25) is 0 Å². The molecule has 2 fully saturated rings. The lowest BCUT2D eigenvalue weighted by Crippen LogP contribution is -2.46. The Bertz CT molecular complexity index is 273. The van der Waals surface area contributed by atoms with Gasteiger partial charge in [-0.1, -0.05) is 6.42 Å². The molecule has 3 nitrogen and oxygen atoms in total. The Morgan fingerprint density at radius 2 is 2.05 bits per heavy atom. The SMILES string of the molecule is CCN(CC1CCCCN1)C(=O)CC1CCSCC1. The Balaban J connectivity index is 1.76. The molecule has 2 rings (SSSR count). The Morgan fingerprint density at radius 1 is 1.26 bits per heavy atom. The lowest BCUT2D eigenvalue weighted by atomic mass is 9.97. The molecule has 19 heavy (non-hydrogen) atoms. The zero-order valence-corrected chi connectivity index (χ0v) is 13.0. The van der Waals surface area contributed by atoms with Crippen molar-refractivity contribution in [2.45, 2.75) is 51.5 Å². The molecule has 1 N–H and O–H groups in total. The Hall–Kier alpha value is -0.220. The molecular weight excluding hydrogens is 256 g/mol.